The van der Waals surface area contributed by atoms with Crippen LogP contribution in [-0.2, 0) is 12.6 Å². The fourth-order valence-electron chi connectivity index (χ4n) is 1.65. The molecule has 94 valence electrons. The zero-order chi connectivity index (χ0) is 13.2. The summed E-state index contributed by atoms with van der Waals surface area (Å²) in [7, 11) is 0. The van der Waals surface area contributed by atoms with E-state index in [2.05, 4.69) is 4.98 Å². The normalized spacial score (nSPS) is 11.6. The number of aryl methyl sites for hydroxylation is 2. The largest absolute Gasteiger partial charge is 0.417 e. The SMILES string of the molecule is CCCc1nc(C)cc(C(F)(F)F)c1C(N)=O. The number of pyridine rings is 1. The van der Waals surface area contributed by atoms with Gasteiger partial charge in [-0.15, -0.1) is 0 Å². The van der Waals surface area contributed by atoms with Crippen LogP contribution in [0.1, 0.15) is 40.7 Å². The summed E-state index contributed by atoms with van der Waals surface area (Å²) in [5, 5.41) is 0. The quantitative estimate of drug-likeness (QED) is 0.890. The maximum absolute atomic E-state index is 12.8. The highest BCUT2D eigenvalue weighted by Gasteiger charge is 2.36. The molecule has 0 aliphatic rings. The maximum atomic E-state index is 12.8. The van der Waals surface area contributed by atoms with Crippen LogP contribution in [0.25, 0.3) is 0 Å². The Bertz CT molecular complexity index is 441. The van der Waals surface area contributed by atoms with Gasteiger partial charge in [0.15, 0.2) is 0 Å². The Morgan fingerprint density at radius 3 is 2.47 bits per heavy atom. The van der Waals surface area contributed by atoms with Crippen molar-refractivity contribution in [2.45, 2.75) is 32.9 Å². The third-order valence-electron chi connectivity index (χ3n) is 2.26. The molecule has 1 aromatic heterocycles. The van der Waals surface area contributed by atoms with E-state index < -0.39 is 23.2 Å². The zero-order valence-electron chi connectivity index (χ0n) is 9.56. The second-order valence-electron chi connectivity index (χ2n) is 3.74. The third kappa shape index (κ3) is 2.95. The Balaban J connectivity index is 3.52. The standard InChI is InChI=1S/C11H13F3N2O/c1-3-4-8-9(10(15)17)7(11(12,13)14)5-6(2)16-8/h5H,3-4H2,1-2H3,(H2,15,17). The molecule has 1 heterocycles. The van der Waals surface area contributed by atoms with Crippen LogP contribution < -0.4 is 5.73 Å². The number of halogens is 3. The molecule has 0 bridgehead atoms. The molecule has 0 atom stereocenters. The molecule has 0 aliphatic carbocycles. The fourth-order valence-corrected chi connectivity index (χ4v) is 1.65. The van der Waals surface area contributed by atoms with E-state index in [1.807, 2.05) is 0 Å². The Labute approximate surface area is 96.8 Å². The van der Waals surface area contributed by atoms with Crippen LogP contribution in [0.5, 0.6) is 0 Å². The van der Waals surface area contributed by atoms with Crippen LogP contribution in [0.3, 0.4) is 0 Å². The average molecular weight is 246 g/mol. The summed E-state index contributed by atoms with van der Waals surface area (Å²) < 4.78 is 38.3. The summed E-state index contributed by atoms with van der Waals surface area (Å²) in [6.07, 6.45) is -3.71. The Hall–Kier alpha value is -1.59. The number of primary amides is 1. The number of alkyl halides is 3. The zero-order valence-corrected chi connectivity index (χ0v) is 9.56. The van der Waals surface area contributed by atoms with Crippen LogP contribution in [0, 0.1) is 6.92 Å². The van der Waals surface area contributed by atoms with Crippen molar-refractivity contribution in [1.82, 2.24) is 4.98 Å². The summed E-state index contributed by atoms with van der Waals surface area (Å²) in [5.74, 6) is -1.09. The first-order chi connectivity index (χ1) is 7.77. The van der Waals surface area contributed by atoms with E-state index in [9.17, 15) is 18.0 Å². The molecule has 1 amide bonds. The van der Waals surface area contributed by atoms with Gasteiger partial charge in [0.1, 0.15) is 0 Å². The van der Waals surface area contributed by atoms with Crippen LogP contribution >= 0.6 is 0 Å². The predicted octanol–water partition coefficient (Wildman–Crippen LogP) is 2.46. The molecule has 0 radical (unpaired) electrons. The minimum Gasteiger partial charge on any atom is -0.366 e. The number of rotatable bonds is 3. The molecule has 0 aromatic carbocycles. The molecule has 3 nitrogen and oxygen atoms in total. The molecule has 0 spiro atoms. The summed E-state index contributed by atoms with van der Waals surface area (Å²) in [6.45, 7) is 3.25. The highest BCUT2D eigenvalue weighted by molar-refractivity contribution is 5.95. The highest BCUT2D eigenvalue weighted by Crippen LogP contribution is 2.33. The van der Waals surface area contributed by atoms with E-state index >= 15 is 0 Å². The van der Waals surface area contributed by atoms with E-state index in [4.69, 9.17) is 5.73 Å². The van der Waals surface area contributed by atoms with E-state index in [1.54, 1.807) is 6.92 Å². The number of carbonyl (C=O) groups is 1. The maximum Gasteiger partial charge on any atom is 0.417 e. The monoisotopic (exact) mass is 246 g/mol. The van der Waals surface area contributed by atoms with Gasteiger partial charge in [0.25, 0.3) is 5.91 Å². The van der Waals surface area contributed by atoms with Crippen molar-refractivity contribution < 1.29 is 18.0 Å². The van der Waals surface area contributed by atoms with Crippen LogP contribution in [0.2, 0.25) is 0 Å². The van der Waals surface area contributed by atoms with Gasteiger partial charge in [-0.2, -0.15) is 13.2 Å². The van der Waals surface area contributed by atoms with Crippen LogP contribution in [0.15, 0.2) is 6.07 Å². The third-order valence-corrected chi connectivity index (χ3v) is 2.26. The van der Waals surface area contributed by atoms with Gasteiger partial charge >= 0.3 is 6.18 Å². The van der Waals surface area contributed by atoms with Gasteiger partial charge in [-0.3, -0.25) is 9.78 Å². The van der Waals surface area contributed by atoms with Crippen molar-refractivity contribution in [3.63, 3.8) is 0 Å². The number of amides is 1. The van der Waals surface area contributed by atoms with Gasteiger partial charge in [0.05, 0.1) is 16.8 Å². The van der Waals surface area contributed by atoms with Crippen molar-refractivity contribution in [1.29, 1.82) is 0 Å². The first-order valence-corrected chi connectivity index (χ1v) is 5.14. The van der Waals surface area contributed by atoms with Gasteiger partial charge < -0.3 is 5.73 Å². The number of hydrogen-bond acceptors (Lipinski definition) is 2. The van der Waals surface area contributed by atoms with Gasteiger partial charge in [-0.1, -0.05) is 13.3 Å². The topological polar surface area (TPSA) is 56.0 Å². The molecule has 6 heteroatoms. The first kappa shape index (κ1) is 13.5. The molecule has 0 aliphatic heterocycles. The molecule has 2 N–H and O–H groups in total. The Morgan fingerprint density at radius 2 is 2.06 bits per heavy atom. The second kappa shape index (κ2) is 4.73. The van der Waals surface area contributed by atoms with Crippen molar-refractivity contribution in [2.75, 3.05) is 0 Å². The molecule has 17 heavy (non-hydrogen) atoms. The van der Waals surface area contributed by atoms with Crippen LogP contribution in [-0.4, -0.2) is 10.9 Å². The number of nitrogens with zero attached hydrogens (tertiary/aromatic N) is 1. The summed E-state index contributed by atoms with van der Waals surface area (Å²) in [4.78, 5) is 15.1. The molecular weight excluding hydrogens is 233 g/mol. The van der Waals surface area contributed by atoms with E-state index in [0.717, 1.165) is 6.07 Å². The summed E-state index contributed by atoms with van der Waals surface area (Å²) in [6, 6.07) is 0.846. The van der Waals surface area contributed by atoms with Gasteiger partial charge in [0, 0.05) is 5.69 Å². The predicted molar refractivity (Wildman–Crippen MR) is 56.5 cm³/mol. The van der Waals surface area contributed by atoms with E-state index in [-0.39, 0.29) is 11.4 Å². The van der Waals surface area contributed by atoms with Crippen molar-refractivity contribution >= 4 is 5.91 Å². The Morgan fingerprint density at radius 1 is 1.47 bits per heavy atom. The lowest BCUT2D eigenvalue weighted by molar-refractivity contribution is -0.138. The molecule has 0 fully saturated rings. The molecule has 1 rings (SSSR count). The fraction of sp³-hybridized carbons (Fsp3) is 0.455. The smallest absolute Gasteiger partial charge is 0.366 e. The van der Waals surface area contributed by atoms with E-state index in [0.29, 0.717) is 12.8 Å². The number of hydrogen-bond donors (Lipinski definition) is 1. The van der Waals surface area contributed by atoms with Gasteiger partial charge in [-0.25, -0.2) is 0 Å². The lowest BCUT2D eigenvalue weighted by Crippen LogP contribution is -2.22. The molecule has 1 aromatic rings. The van der Waals surface area contributed by atoms with Crippen molar-refractivity contribution in [3.05, 3.63) is 28.6 Å². The number of aromatic nitrogens is 1. The van der Waals surface area contributed by atoms with Gasteiger partial charge in [0.2, 0.25) is 0 Å². The number of nitrogens with two attached hydrogens (primary N) is 1. The van der Waals surface area contributed by atoms with Crippen molar-refractivity contribution in [3.8, 4) is 0 Å². The minimum absolute atomic E-state index is 0.118. The summed E-state index contributed by atoms with van der Waals surface area (Å²) in [5.41, 5.74) is 3.85. The minimum atomic E-state index is -4.60. The highest BCUT2D eigenvalue weighted by atomic mass is 19.4. The average Bonchev–Trinajstić information content (AvgIpc) is 2.15. The Kier molecular flexibility index (Phi) is 3.75. The van der Waals surface area contributed by atoms with Crippen LogP contribution in [0.4, 0.5) is 13.2 Å². The molecule has 0 unspecified atom stereocenters. The summed E-state index contributed by atoms with van der Waals surface area (Å²) >= 11 is 0. The molecule has 0 saturated heterocycles. The first-order valence-electron chi connectivity index (χ1n) is 5.14. The van der Waals surface area contributed by atoms with Gasteiger partial charge in [-0.05, 0) is 19.4 Å². The van der Waals surface area contributed by atoms with E-state index in [1.165, 1.54) is 6.92 Å². The van der Waals surface area contributed by atoms with Crippen molar-refractivity contribution in [2.24, 2.45) is 5.73 Å². The number of carbonyl (C=O) groups excluding carboxylic acids is 1. The molecule has 0 saturated carbocycles. The second-order valence-corrected chi connectivity index (χ2v) is 3.74. The molecular formula is C11H13F3N2O. The lowest BCUT2D eigenvalue weighted by Gasteiger charge is -2.14. The lowest BCUT2D eigenvalue weighted by atomic mass is 10.0.